The first kappa shape index (κ1) is 71.4. The second-order valence-electron chi connectivity index (χ2n) is 25.5. The van der Waals surface area contributed by atoms with Gasteiger partial charge in [0.1, 0.15) is 24.2 Å². The molecule has 2 aliphatic heterocycles. The Labute approximate surface area is 588 Å². The zero-order valence-corrected chi connectivity index (χ0v) is 59.5. The number of hydrogen-bond donors (Lipinski definition) is 0. The minimum atomic E-state index is -0.370. The van der Waals surface area contributed by atoms with Crippen LogP contribution in [0.25, 0.3) is 23.3 Å². The van der Waals surface area contributed by atoms with Crippen molar-refractivity contribution in [3.63, 3.8) is 0 Å². The number of hydrazine groups is 2. The third-order valence-electron chi connectivity index (χ3n) is 18.9. The minimum absolute atomic E-state index is 0.112. The highest BCUT2D eigenvalue weighted by atomic mass is 16.2. The van der Waals surface area contributed by atoms with Crippen molar-refractivity contribution in [2.24, 2.45) is 0 Å². The Kier molecular flexibility index (Phi) is 25.4. The maximum atomic E-state index is 14.6. The summed E-state index contributed by atoms with van der Waals surface area (Å²) in [7, 11) is 0. The Morgan fingerprint density at radius 1 is 0.404 bits per heavy atom. The van der Waals surface area contributed by atoms with E-state index in [1.54, 1.807) is 22.2 Å². The van der Waals surface area contributed by atoms with E-state index in [4.69, 9.17) is 0 Å². The summed E-state index contributed by atoms with van der Waals surface area (Å²) in [6.07, 6.45) is 27.9. The van der Waals surface area contributed by atoms with Gasteiger partial charge in [-0.15, -0.1) is 0 Å². The molecular weight excluding hydrogens is 1220 g/mol. The third-order valence-corrected chi connectivity index (χ3v) is 18.9. The summed E-state index contributed by atoms with van der Waals surface area (Å²) < 4.78 is 2.51. The quantitative estimate of drug-likeness (QED) is 0.0179. The van der Waals surface area contributed by atoms with Crippen LogP contribution in [-0.4, -0.2) is 96.3 Å². The number of rotatable bonds is 32. The molecule has 2 heterocycles. The Bertz CT molecular complexity index is 4100. The van der Waals surface area contributed by atoms with Crippen LogP contribution in [0, 0.1) is 0 Å². The number of benzene rings is 7. The van der Waals surface area contributed by atoms with Gasteiger partial charge in [-0.2, -0.15) is 0 Å². The molecule has 0 bridgehead atoms. The number of nitrogens with zero attached hydrogens (tertiary/aromatic N) is 8. The van der Waals surface area contributed by atoms with E-state index in [9.17, 15) is 19.2 Å². The number of hydrogen-bond acceptors (Lipinski definition) is 7. The van der Waals surface area contributed by atoms with Crippen molar-refractivity contribution in [3.05, 3.63) is 280 Å². The van der Waals surface area contributed by atoms with E-state index in [1.165, 1.54) is 21.4 Å². The van der Waals surface area contributed by atoms with Gasteiger partial charge in [0.2, 0.25) is 0 Å². The number of carbonyl (C=O) groups is 4. The Hall–Kier alpha value is -10.3. The Morgan fingerprint density at radius 2 is 0.788 bits per heavy atom. The summed E-state index contributed by atoms with van der Waals surface area (Å²) in [5.41, 5.74) is 15.4. The van der Waals surface area contributed by atoms with E-state index in [0.717, 1.165) is 171 Å². The van der Waals surface area contributed by atoms with Crippen molar-refractivity contribution in [1.82, 2.24) is 10.0 Å². The van der Waals surface area contributed by atoms with Crippen LogP contribution in [0.1, 0.15) is 146 Å². The van der Waals surface area contributed by atoms with E-state index in [-0.39, 0.29) is 47.9 Å². The Balaban J connectivity index is 1.01. The van der Waals surface area contributed by atoms with Crippen LogP contribution in [0.4, 0.5) is 28.4 Å². The zero-order valence-electron chi connectivity index (χ0n) is 59.5. The van der Waals surface area contributed by atoms with E-state index < -0.39 is 0 Å². The molecule has 2 fully saturated rings. The van der Waals surface area contributed by atoms with Gasteiger partial charge in [-0.3, -0.25) is 19.2 Å². The highest BCUT2D eigenvalue weighted by molar-refractivity contribution is 6.32. The smallest absolute Gasteiger partial charge is 0.282 e. The standard InChI is InChI=1S/C87H99N8O4/c1-9-17-58-90(59-18-10-2)76-54-46-72(47-55-76)80(70-42-34-68(35-43-70)64-92-84(96)82(86(98)94(92)78-28-23-21-24-29-78)62-66-38-50-74(51-39-66)88(13-5)14-6)32-27-33-81(73-48-56-77(57-49-73)91(60-19-11-3)61-20-12-4)71-44-36-69(37-45-71)65-93-85(97)83(87(99)95(93)79-30-25-22-26-31-79)63-67-40-52-75(53-41-67)89(15-7)16-8/h21-57,62-63H,9-20,58-61,64-65H2,1-8H3/q+1. The van der Waals surface area contributed by atoms with Crippen LogP contribution in [0.5, 0.6) is 0 Å². The second kappa shape index (κ2) is 35.3. The van der Waals surface area contributed by atoms with Gasteiger partial charge in [0, 0.05) is 81.3 Å². The van der Waals surface area contributed by atoms with Gasteiger partial charge in [-0.05, 0) is 181 Å². The molecule has 0 radical (unpaired) electrons. The van der Waals surface area contributed by atoms with E-state index >= 15 is 0 Å². The molecule has 0 atom stereocenters. The first-order chi connectivity index (χ1) is 48.4. The summed E-state index contributed by atoms with van der Waals surface area (Å²) in [4.78, 5) is 65.3. The molecule has 0 N–H and O–H groups in total. The van der Waals surface area contributed by atoms with Crippen LogP contribution in [0.2, 0.25) is 0 Å². The molecule has 12 heteroatoms. The average molecular weight is 1320 g/mol. The third kappa shape index (κ3) is 17.5. The number of unbranched alkanes of at least 4 members (excludes halogenated alkanes) is 4. The molecule has 3 aliphatic rings. The topological polar surface area (TPSA) is 94.0 Å². The number of para-hydroxylation sites is 2. The Morgan fingerprint density at radius 3 is 1.19 bits per heavy atom. The molecule has 0 saturated carbocycles. The molecule has 10 rings (SSSR count). The van der Waals surface area contributed by atoms with E-state index in [2.05, 4.69) is 190 Å². The van der Waals surface area contributed by atoms with Gasteiger partial charge in [-0.1, -0.05) is 193 Å². The van der Waals surface area contributed by atoms with Crippen molar-refractivity contribution in [2.45, 2.75) is 120 Å². The molecule has 7 aromatic carbocycles. The first-order valence-electron chi connectivity index (χ1n) is 36.1. The van der Waals surface area contributed by atoms with Crippen LogP contribution >= 0.6 is 0 Å². The number of amides is 4. The van der Waals surface area contributed by atoms with Crippen molar-refractivity contribution in [2.75, 3.05) is 77.1 Å². The molecule has 99 heavy (non-hydrogen) atoms. The van der Waals surface area contributed by atoms with Crippen molar-refractivity contribution >= 4 is 81.1 Å². The zero-order chi connectivity index (χ0) is 69.6. The van der Waals surface area contributed by atoms with Gasteiger partial charge in [0.15, 0.2) is 5.71 Å². The second-order valence-corrected chi connectivity index (χ2v) is 25.5. The van der Waals surface area contributed by atoms with Crippen LogP contribution in [-0.2, 0) is 32.3 Å². The molecule has 4 amide bonds. The lowest BCUT2D eigenvalue weighted by Crippen LogP contribution is -2.40. The maximum Gasteiger partial charge on any atom is 0.282 e. The summed E-state index contributed by atoms with van der Waals surface area (Å²) in [6, 6.07) is 60.5. The monoisotopic (exact) mass is 1320 g/mol. The summed E-state index contributed by atoms with van der Waals surface area (Å²) >= 11 is 0. The van der Waals surface area contributed by atoms with Gasteiger partial charge in [0.25, 0.3) is 23.6 Å². The minimum Gasteiger partial charge on any atom is -0.372 e. The van der Waals surface area contributed by atoms with Crippen LogP contribution in [0.15, 0.2) is 241 Å². The molecule has 0 spiro atoms. The maximum absolute atomic E-state index is 14.6. The van der Waals surface area contributed by atoms with Crippen LogP contribution < -0.4 is 24.7 Å². The number of carbonyl (C=O) groups excluding carboxylic acids is 4. The predicted octanol–water partition coefficient (Wildman–Crippen LogP) is 18.2. The first-order valence-corrected chi connectivity index (χ1v) is 36.1. The van der Waals surface area contributed by atoms with Crippen molar-refractivity contribution in [3.8, 4) is 0 Å². The van der Waals surface area contributed by atoms with Gasteiger partial charge in [-0.25, -0.2) is 24.6 Å². The fraction of sp³-hybridized carbons (Fsp3) is 0.299. The lowest BCUT2D eigenvalue weighted by Gasteiger charge is -2.27. The lowest BCUT2D eigenvalue weighted by atomic mass is 9.93. The fourth-order valence-corrected chi connectivity index (χ4v) is 13.1. The van der Waals surface area contributed by atoms with Gasteiger partial charge < -0.3 is 14.7 Å². The van der Waals surface area contributed by atoms with Crippen LogP contribution in [0.3, 0.4) is 0 Å². The number of allylic oxidation sites excluding steroid dienone is 9. The summed E-state index contributed by atoms with van der Waals surface area (Å²) in [5.74, 6) is -1.46. The number of anilines is 5. The molecule has 7 aromatic rings. The van der Waals surface area contributed by atoms with Crippen molar-refractivity contribution in [1.29, 1.82) is 0 Å². The summed E-state index contributed by atoms with van der Waals surface area (Å²) in [5, 5.41) is 6.14. The van der Waals surface area contributed by atoms with E-state index in [0.29, 0.717) is 11.4 Å². The lowest BCUT2D eigenvalue weighted by molar-refractivity contribution is -0.527. The van der Waals surface area contributed by atoms with Gasteiger partial charge >= 0.3 is 0 Å². The highest BCUT2D eigenvalue weighted by Gasteiger charge is 2.43. The highest BCUT2D eigenvalue weighted by Crippen LogP contribution is 2.35. The molecule has 0 unspecified atom stereocenters. The van der Waals surface area contributed by atoms with Crippen molar-refractivity contribution < 1.29 is 23.8 Å². The predicted molar refractivity (Wildman–Crippen MR) is 413 cm³/mol. The van der Waals surface area contributed by atoms with E-state index in [1.807, 2.05) is 109 Å². The SMILES string of the molecule is CCCCN(CCCC)c1ccc(C(=CC=CC(=C2C=CC(=[N+](CCCC)CCCC)C=C2)c2ccc(CN3C(=O)C(=Cc4ccc(N(CC)CC)cc4)C(=O)N3c3ccccc3)cc2)c2ccc(CN3C(=O)C(=Cc4ccc(N(CC)CC)cc4)C(=O)N3c3ccccc3)cc2)cc1. The molecule has 2 saturated heterocycles. The fourth-order valence-electron chi connectivity index (χ4n) is 13.1. The average Bonchev–Trinajstić information content (AvgIpc) is 1.64. The van der Waals surface area contributed by atoms with Gasteiger partial charge in [0.05, 0.1) is 24.5 Å². The summed E-state index contributed by atoms with van der Waals surface area (Å²) in [6.45, 7) is 25.3. The molecule has 0 aromatic heterocycles. The molecule has 1 aliphatic carbocycles. The normalized spacial score (nSPS) is 14.9. The molecular formula is C87H99N8O4+. The molecule has 510 valence electrons. The largest absolute Gasteiger partial charge is 0.372 e. The molecule has 12 nitrogen and oxygen atoms in total.